The lowest BCUT2D eigenvalue weighted by Gasteiger charge is -2.32. The lowest BCUT2D eigenvalue weighted by Crippen LogP contribution is -2.55. The van der Waals surface area contributed by atoms with Crippen LogP contribution in [0.1, 0.15) is 22.8 Å². The zero-order valence-electron chi connectivity index (χ0n) is 10.1. The Kier molecular flexibility index (Phi) is 3.13. The molecule has 0 aliphatic carbocycles. The van der Waals surface area contributed by atoms with E-state index >= 15 is 0 Å². The SMILES string of the molecule is Cc1cccc(C(=O)N2CCNC(=O)C2C)c1. The average Bonchev–Trinajstić information content (AvgIpc) is 2.32. The molecule has 0 saturated carbocycles. The van der Waals surface area contributed by atoms with E-state index in [1.54, 1.807) is 17.9 Å². The Morgan fingerprint density at radius 3 is 2.94 bits per heavy atom. The fourth-order valence-electron chi connectivity index (χ4n) is 2.00. The number of nitrogens with one attached hydrogen (secondary N) is 1. The first-order valence-electron chi connectivity index (χ1n) is 5.75. The van der Waals surface area contributed by atoms with Crippen molar-refractivity contribution < 1.29 is 9.59 Å². The van der Waals surface area contributed by atoms with Gasteiger partial charge in [0.1, 0.15) is 6.04 Å². The number of carbonyl (C=O) groups excluding carboxylic acids is 2. The van der Waals surface area contributed by atoms with Crippen LogP contribution in [0.4, 0.5) is 0 Å². The number of aryl methyl sites for hydroxylation is 1. The molecule has 1 fully saturated rings. The fraction of sp³-hybridized carbons (Fsp3) is 0.385. The second kappa shape index (κ2) is 4.57. The summed E-state index contributed by atoms with van der Waals surface area (Å²) >= 11 is 0. The second-order valence-electron chi connectivity index (χ2n) is 4.34. The summed E-state index contributed by atoms with van der Waals surface area (Å²) in [6.45, 7) is 4.80. The molecule has 1 atom stereocenters. The van der Waals surface area contributed by atoms with Crippen molar-refractivity contribution in [1.82, 2.24) is 10.2 Å². The Balaban J connectivity index is 2.22. The van der Waals surface area contributed by atoms with E-state index in [2.05, 4.69) is 5.32 Å². The Morgan fingerprint density at radius 1 is 1.47 bits per heavy atom. The highest BCUT2D eigenvalue weighted by Crippen LogP contribution is 2.12. The number of benzene rings is 1. The van der Waals surface area contributed by atoms with Gasteiger partial charge in [0.25, 0.3) is 5.91 Å². The summed E-state index contributed by atoms with van der Waals surface area (Å²) in [6, 6.07) is 7.05. The first kappa shape index (κ1) is 11.6. The van der Waals surface area contributed by atoms with E-state index in [1.807, 2.05) is 25.1 Å². The lowest BCUT2D eigenvalue weighted by molar-refractivity contribution is -0.127. The normalized spacial score (nSPS) is 20.0. The van der Waals surface area contributed by atoms with Gasteiger partial charge in [0.2, 0.25) is 5.91 Å². The predicted molar refractivity (Wildman–Crippen MR) is 64.7 cm³/mol. The summed E-state index contributed by atoms with van der Waals surface area (Å²) in [7, 11) is 0. The number of hydrogen-bond acceptors (Lipinski definition) is 2. The van der Waals surface area contributed by atoms with Crippen molar-refractivity contribution in [2.45, 2.75) is 19.9 Å². The molecule has 0 radical (unpaired) electrons. The van der Waals surface area contributed by atoms with Gasteiger partial charge in [0.15, 0.2) is 0 Å². The number of carbonyl (C=O) groups is 2. The largest absolute Gasteiger partial charge is 0.353 e. The zero-order chi connectivity index (χ0) is 12.4. The molecule has 1 aliphatic heterocycles. The van der Waals surface area contributed by atoms with Gasteiger partial charge >= 0.3 is 0 Å². The van der Waals surface area contributed by atoms with Crippen LogP contribution < -0.4 is 5.32 Å². The predicted octanol–water partition coefficient (Wildman–Crippen LogP) is 0.956. The van der Waals surface area contributed by atoms with Crippen LogP contribution in [-0.4, -0.2) is 35.8 Å². The standard InChI is InChI=1S/C13H16N2O2/c1-9-4-3-5-11(8-9)13(17)15-7-6-14-12(16)10(15)2/h3-5,8,10H,6-7H2,1-2H3,(H,14,16). The Bertz CT molecular complexity index is 456. The smallest absolute Gasteiger partial charge is 0.254 e. The summed E-state index contributed by atoms with van der Waals surface area (Å²) < 4.78 is 0. The van der Waals surface area contributed by atoms with E-state index in [4.69, 9.17) is 0 Å². The van der Waals surface area contributed by atoms with Crippen molar-refractivity contribution in [2.24, 2.45) is 0 Å². The third kappa shape index (κ3) is 2.30. The molecule has 17 heavy (non-hydrogen) atoms. The Morgan fingerprint density at radius 2 is 2.24 bits per heavy atom. The molecule has 0 bridgehead atoms. The monoisotopic (exact) mass is 232 g/mol. The summed E-state index contributed by atoms with van der Waals surface area (Å²) in [5.41, 5.74) is 1.69. The molecule has 4 heteroatoms. The van der Waals surface area contributed by atoms with Crippen molar-refractivity contribution in [1.29, 1.82) is 0 Å². The van der Waals surface area contributed by atoms with Crippen LogP contribution in [0.5, 0.6) is 0 Å². The lowest BCUT2D eigenvalue weighted by atomic mass is 10.1. The minimum Gasteiger partial charge on any atom is -0.353 e. The van der Waals surface area contributed by atoms with Gasteiger partial charge in [-0.2, -0.15) is 0 Å². The molecule has 1 aromatic carbocycles. The Hall–Kier alpha value is -1.84. The highest BCUT2D eigenvalue weighted by atomic mass is 16.2. The van der Waals surface area contributed by atoms with E-state index in [9.17, 15) is 9.59 Å². The van der Waals surface area contributed by atoms with E-state index < -0.39 is 6.04 Å². The molecule has 0 spiro atoms. The Labute approximate surface area is 101 Å². The van der Waals surface area contributed by atoms with Crippen LogP contribution >= 0.6 is 0 Å². The van der Waals surface area contributed by atoms with Crippen LogP contribution in [0.3, 0.4) is 0 Å². The summed E-state index contributed by atoms with van der Waals surface area (Å²) in [6.07, 6.45) is 0. The molecular weight excluding hydrogens is 216 g/mol. The van der Waals surface area contributed by atoms with Gasteiger partial charge in [0, 0.05) is 18.7 Å². The topological polar surface area (TPSA) is 49.4 Å². The summed E-state index contributed by atoms with van der Waals surface area (Å²) in [4.78, 5) is 25.4. The molecule has 1 aliphatic rings. The van der Waals surface area contributed by atoms with Crippen molar-refractivity contribution in [2.75, 3.05) is 13.1 Å². The molecular formula is C13H16N2O2. The maximum atomic E-state index is 12.3. The number of piperazine rings is 1. The molecule has 1 N–H and O–H groups in total. The molecule has 1 aromatic rings. The average molecular weight is 232 g/mol. The summed E-state index contributed by atoms with van der Waals surface area (Å²) in [5, 5.41) is 2.75. The van der Waals surface area contributed by atoms with Gasteiger partial charge in [-0.25, -0.2) is 0 Å². The first-order chi connectivity index (χ1) is 8.09. The van der Waals surface area contributed by atoms with Crippen LogP contribution in [0.25, 0.3) is 0 Å². The maximum Gasteiger partial charge on any atom is 0.254 e. The van der Waals surface area contributed by atoms with Crippen LogP contribution in [0.15, 0.2) is 24.3 Å². The van der Waals surface area contributed by atoms with E-state index in [1.165, 1.54) is 0 Å². The number of hydrogen-bond donors (Lipinski definition) is 1. The van der Waals surface area contributed by atoms with Crippen LogP contribution in [0, 0.1) is 6.92 Å². The van der Waals surface area contributed by atoms with Gasteiger partial charge in [-0.3, -0.25) is 9.59 Å². The molecule has 1 saturated heterocycles. The molecule has 2 rings (SSSR count). The first-order valence-corrected chi connectivity index (χ1v) is 5.75. The number of nitrogens with zero attached hydrogens (tertiary/aromatic N) is 1. The minimum absolute atomic E-state index is 0.0731. The molecule has 90 valence electrons. The van der Waals surface area contributed by atoms with Gasteiger partial charge in [-0.05, 0) is 26.0 Å². The van der Waals surface area contributed by atoms with Crippen molar-refractivity contribution in [3.63, 3.8) is 0 Å². The molecule has 1 heterocycles. The van der Waals surface area contributed by atoms with Crippen LogP contribution in [-0.2, 0) is 4.79 Å². The maximum absolute atomic E-state index is 12.3. The van der Waals surface area contributed by atoms with E-state index in [0.29, 0.717) is 18.7 Å². The number of rotatable bonds is 1. The molecule has 2 amide bonds. The van der Waals surface area contributed by atoms with E-state index in [0.717, 1.165) is 5.56 Å². The van der Waals surface area contributed by atoms with Crippen LogP contribution in [0.2, 0.25) is 0 Å². The van der Waals surface area contributed by atoms with Gasteiger partial charge in [-0.15, -0.1) is 0 Å². The molecule has 1 unspecified atom stereocenters. The van der Waals surface area contributed by atoms with E-state index in [-0.39, 0.29) is 11.8 Å². The second-order valence-corrected chi connectivity index (χ2v) is 4.34. The third-order valence-corrected chi connectivity index (χ3v) is 3.02. The highest BCUT2D eigenvalue weighted by molar-refractivity contribution is 5.98. The van der Waals surface area contributed by atoms with Crippen molar-refractivity contribution >= 4 is 11.8 Å². The highest BCUT2D eigenvalue weighted by Gasteiger charge is 2.29. The minimum atomic E-state index is -0.392. The zero-order valence-corrected chi connectivity index (χ0v) is 10.1. The summed E-state index contributed by atoms with van der Waals surface area (Å²) in [5.74, 6) is -0.159. The fourth-order valence-corrected chi connectivity index (χ4v) is 2.00. The van der Waals surface area contributed by atoms with Gasteiger partial charge in [0.05, 0.1) is 0 Å². The van der Waals surface area contributed by atoms with Gasteiger partial charge in [-0.1, -0.05) is 17.7 Å². The van der Waals surface area contributed by atoms with Gasteiger partial charge < -0.3 is 10.2 Å². The number of amides is 2. The molecule has 4 nitrogen and oxygen atoms in total. The third-order valence-electron chi connectivity index (χ3n) is 3.02. The quantitative estimate of drug-likeness (QED) is 0.784. The van der Waals surface area contributed by atoms with Crippen molar-refractivity contribution in [3.05, 3.63) is 35.4 Å². The molecule has 0 aromatic heterocycles. The van der Waals surface area contributed by atoms with Crippen molar-refractivity contribution in [3.8, 4) is 0 Å².